The van der Waals surface area contributed by atoms with Gasteiger partial charge < -0.3 is 18.6 Å². The van der Waals surface area contributed by atoms with Gasteiger partial charge in [-0.05, 0) is 54.4 Å². The maximum absolute atomic E-state index is 12.5. The molecule has 0 radical (unpaired) electrons. The lowest BCUT2D eigenvalue weighted by atomic mass is 10.2. The van der Waals surface area contributed by atoms with E-state index in [0.717, 1.165) is 17.7 Å². The van der Waals surface area contributed by atoms with Gasteiger partial charge in [0.25, 0.3) is 11.4 Å². The summed E-state index contributed by atoms with van der Waals surface area (Å²) in [7, 11) is -3.06. The fourth-order valence-corrected chi connectivity index (χ4v) is 4.13. The Bertz CT molecular complexity index is 1560. The summed E-state index contributed by atoms with van der Waals surface area (Å²) in [6.45, 7) is 0.457. The third kappa shape index (κ3) is 7.68. The second-order valence-corrected chi connectivity index (χ2v) is 10.6. The molecule has 0 atom stereocenters. The zero-order valence-corrected chi connectivity index (χ0v) is 20.8. The summed E-state index contributed by atoms with van der Waals surface area (Å²) in [4.78, 5) is 16.8. The van der Waals surface area contributed by atoms with Gasteiger partial charge in [0.2, 0.25) is 5.82 Å². The molecule has 0 N–H and O–H groups in total. The fraction of sp³-hybridized carbons (Fsp3) is 0.240. The number of halogens is 3. The van der Waals surface area contributed by atoms with Crippen LogP contribution in [-0.4, -0.2) is 48.1 Å². The van der Waals surface area contributed by atoms with Crippen LogP contribution in [0.3, 0.4) is 0 Å². The molecule has 200 valence electrons. The first-order valence-corrected chi connectivity index (χ1v) is 13.3. The Morgan fingerprint density at radius 2 is 1.74 bits per heavy atom. The van der Waals surface area contributed by atoms with Crippen LogP contribution in [0.25, 0.3) is 22.8 Å². The van der Waals surface area contributed by atoms with E-state index in [1.807, 2.05) is 6.07 Å². The van der Waals surface area contributed by atoms with E-state index in [0.29, 0.717) is 23.3 Å². The van der Waals surface area contributed by atoms with E-state index in [2.05, 4.69) is 14.9 Å². The molecule has 0 amide bonds. The quantitative estimate of drug-likeness (QED) is 0.269. The van der Waals surface area contributed by atoms with Crippen LogP contribution in [-0.2, 0) is 16.4 Å². The van der Waals surface area contributed by atoms with Gasteiger partial charge in [-0.3, -0.25) is 4.79 Å². The summed E-state index contributed by atoms with van der Waals surface area (Å²) in [5.41, 5.74) is 1.38. The van der Waals surface area contributed by atoms with Crippen LogP contribution < -0.4 is 15.0 Å². The van der Waals surface area contributed by atoms with Crippen molar-refractivity contribution in [3.05, 3.63) is 82.8 Å². The largest absolute Gasteiger partial charge is 0.573 e. The summed E-state index contributed by atoms with van der Waals surface area (Å²) < 4.78 is 75.8. The molecular weight excluding hydrogens is 527 g/mol. The number of hydrogen-bond acceptors (Lipinski definition) is 8. The highest BCUT2D eigenvalue weighted by Crippen LogP contribution is 2.27. The Balaban J connectivity index is 1.46. The molecule has 2 aromatic heterocycles. The normalized spacial score (nSPS) is 11.9. The van der Waals surface area contributed by atoms with Crippen LogP contribution in [0.4, 0.5) is 13.2 Å². The van der Waals surface area contributed by atoms with Crippen LogP contribution in [0, 0.1) is 0 Å². The molecule has 38 heavy (non-hydrogen) atoms. The molecule has 0 fully saturated rings. The van der Waals surface area contributed by atoms with Gasteiger partial charge >= 0.3 is 6.36 Å². The lowest BCUT2D eigenvalue weighted by Crippen LogP contribution is -2.19. The predicted molar refractivity (Wildman–Crippen MR) is 131 cm³/mol. The smallest absolute Gasteiger partial charge is 0.494 e. The minimum atomic E-state index is -4.79. The van der Waals surface area contributed by atoms with Crippen molar-refractivity contribution < 1.29 is 35.6 Å². The van der Waals surface area contributed by atoms with Gasteiger partial charge in [0.05, 0.1) is 24.5 Å². The minimum Gasteiger partial charge on any atom is -0.494 e. The highest BCUT2D eigenvalue weighted by molar-refractivity contribution is 7.90. The number of alkyl halides is 3. The van der Waals surface area contributed by atoms with Gasteiger partial charge in [-0.15, -0.1) is 13.2 Å². The summed E-state index contributed by atoms with van der Waals surface area (Å²) in [6.07, 6.45) is -1.71. The van der Waals surface area contributed by atoms with Gasteiger partial charge in [0.15, 0.2) is 0 Å². The van der Waals surface area contributed by atoms with Gasteiger partial charge in [-0.2, -0.15) is 4.98 Å². The number of rotatable bonds is 10. The minimum absolute atomic E-state index is 0.0318. The van der Waals surface area contributed by atoms with E-state index < -0.39 is 16.2 Å². The average molecular weight is 550 g/mol. The molecule has 9 nitrogen and oxygen atoms in total. The number of pyridine rings is 1. The van der Waals surface area contributed by atoms with Crippen molar-refractivity contribution in [2.24, 2.45) is 0 Å². The molecule has 0 aliphatic heterocycles. The van der Waals surface area contributed by atoms with Gasteiger partial charge in [-0.1, -0.05) is 17.3 Å². The van der Waals surface area contributed by atoms with Crippen LogP contribution in [0.15, 0.2) is 76.2 Å². The van der Waals surface area contributed by atoms with Crippen molar-refractivity contribution >= 4 is 9.84 Å². The first-order chi connectivity index (χ1) is 17.9. The van der Waals surface area contributed by atoms with Crippen molar-refractivity contribution in [2.45, 2.75) is 19.3 Å². The number of nitrogens with zero attached hydrogens (tertiary/aromatic N) is 3. The first kappa shape index (κ1) is 26.9. The highest BCUT2D eigenvalue weighted by Gasteiger charge is 2.31. The summed E-state index contributed by atoms with van der Waals surface area (Å²) >= 11 is 0. The lowest BCUT2D eigenvalue weighted by Gasteiger charge is -2.10. The van der Waals surface area contributed by atoms with Crippen molar-refractivity contribution in [3.8, 4) is 34.3 Å². The second kappa shape index (κ2) is 11.1. The fourth-order valence-electron chi connectivity index (χ4n) is 3.49. The van der Waals surface area contributed by atoms with Gasteiger partial charge in [0.1, 0.15) is 21.3 Å². The first-order valence-electron chi connectivity index (χ1n) is 11.3. The van der Waals surface area contributed by atoms with Crippen molar-refractivity contribution in [2.75, 3.05) is 18.6 Å². The Morgan fingerprint density at radius 3 is 2.45 bits per heavy atom. The molecule has 0 bridgehead atoms. The standard InChI is InChI=1S/C25H22F3N3O6S/c1-38(33,34)13-3-12-35-21-5-2-4-17(14-21)15-31-16-19(8-11-22(31)32)24-29-23(30-37-24)18-6-9-20(10-7-18)36-25(26,27)28/h2,4-11,14,16H,3,12-13,15H2,1H3. The number of ether oxygens (including phenoxy) is 2. The molecule has 4 rings (SSSR count). The molecule has 0 aliphatic carbocycles. The van der Waals surface area contributed by atoms with Crippen molar-refractivity contribution in [1.82, 2.24) is 14.7 Å². The molecule has 13 heteroatoms. The Morgan fingerprint density at radius 1 is 1.00 bits per heavy atom. The predicted octanol–water partition coefficient (Wildman–Crippen LogP) is 4.33. The number of aromatic nitrogens is 3. The van der Waals surface area contributed by atoms with E-state index in [1.54, 1.807) is 24.4 Å². The molecule has 2 heterocycles. The van der Waals surface area contributed by atoms with E-state index in [4.69, 9.17) is 9.26 Å². The second-order valence-electron chi connectivity index (χ2n) is 8.36. The van der Waals surface area contributed by atoms with Crippen LogP contribution in [0.5, 0.6) is 11.5 Å². The molecule has 0 saturated heterocycles. The molecule has 0 spiro atoms. The van der Waals surface area contributed by atoms with Gasteiger partial charge in [0, 0.05) is 24.1 Å². The lowest BCUT2D eigenvalue weighted by molar-refractivity contribution is -0.274. The molecule has 0 unspecified atom stereocenters. The van der Waals surface area contributed by atoms with Crippen LogP contribution in [0.1, 0.15) is 12.0 Å². The molecule has 2 aromatic carbocycles. The SMILES string of the molecule is CS(=O)(=O)CCCOc1cccc(Cn2cc(-c3nc(-c4ccc(OC(F)(F)F)cc4)no3)ccc2=O)c1. The van der Waals surface area contributed by atoms with Crippen molar-refractivity contribution in [1.29, 1.82) is 0 Å². The number of benzene rings is 2. The topological polar surface area (TPSA) is 114 Å². The summed E-state index contributed by atoms with van der Waals surface area (Å²) in [5.74, 6) is 0.475. The van der Waals surface area contributed by atoms with E-state index in [-0.39, 0.29) is 41.9 Å². The molecule has 0 aliphatic rings. The third-order valence-corrected chi connectivity index (χ3v) is 6.21. The van der Waals surface area contributed by atoms with E-state index in [9.17, 15) is 26.4 Å². The third-order valence-electron chi connectivity index (χ3n) is 5.18. The number of sulfone groups is 1. The Kier molecular flexibility index (Phi) is 7.86. The van der Waals surface area contributed by atoms with E-state index >= 15 is 0 Å². The van der Waals surface area contributed by atoms with Crippen LogP contribution >= 0.6 is 0 Å². The zero-order chi connectivity index (χ0) is 27.3. The Hall–Kier alpha value is -4.13. The van der Waals surface area contributed by atoms with Crippen molar-refractivity contribution in [3.63, 3.8) is 0 Å². The Labute approximate surface area is 215 Å². The molecule has 4 aromatic rings. The van der Waals surface area contributed by atoms with E-state index in [1.165, 1.54) is 35.1 Å². The summed E-state index contributed by atoms with van der Waals surface area (Å²) in [6, 6.07) is 15.0. The highest BCUT2D eigenvalue weighted by atomic mass is 32.2. The summed E-state index contributed by atoms with van der Waals surface area (Å²) in [5, 5.41) is 3.87. The number of hydrogen-bond donors (Lipinski definition) is 0. The maximum Gasteiger partial charge on any atom is 0.573 e. The zero-order valence-electron chi connectivity index (χ0n) is 20.0. The molecule has 0 saturated carbocycles. The van der Waals surface area contributed by atoms with Crippen LogP contribution in [0.2, 0.25) is 0 Å². The average Bonchev–Trinajstić information content (AvgIpc) is 3.33. The monoisotopic (exact) mass is 549 g/mol. The maximum atomic E-state index is 12.5. The molecular formula is C25H22F3N3O6S. The van der Waals surface area contributed by atoms with Gasteiger partial charge in [-0.25, -0.2) is 8.42 Å².